The molecule has 0 radical (unpaired) electrons. The van der Waals surface area contributed by atoms with Crippen LogP contribution < -0.4 is 29.6 Å². The molecule has 2 rings (SSSR count). The van der Waals surface area contributed by atoms with Crippen LogP contribution in [0.1, 0.15) is 76.0 Å². The van der Waals surface area contributed by atoms with Crippen molar-refractivity contribution in [3.63, 3.8) is 0 Å². The quantitative estimate of drug-likeness (QED) is 0.623. The Hall–Kier alpha value is -0.390. The predicted octanol–water partition coefficient (Wildman–Crippen LogP) is 2.12. The van der Waals surface area contributed by atoms with Crippen molar-refractivity contribution in [2.24, 2.45) is 0 Å². The zero-order valence-electron chi connectivity index (χ0n) is 15.7. The van der Waals surface area contributed by atoms with Crippen molar-refractivity contribution in [2.75, 3.05) is 0 Å². The Bertz CT molecular complexity index is 837. The van der Waals surface area contributed by atoms with Crippen LogP contribution in [0.25, 0.3) is 10.8 Å². The maximum atomic E-state index is 11.7. The monoisotopic (exact) mass is 356 g/mol. The van der Waals surface area contributed by atoms with Gasteiger partial charge in [0, 0.05) is 0 Å². The first-order valence-corrected chi connectivity index (χ1v) is 9.51. The first-order valence-electron chi connectivity index (χ1n) is 8.11. The van der Waals surface area contributed by atoms with Crippen molar-refractivity contribution in [3.05, 3.63) is 41.0 Å². The Balaban J connectivity index is 0.00000288. The van der Waals surface area contributed by atoms with Crippen LogP contribution in [0.2, 0.25) is 0 Å². The molecule has 0 saturated carbocycles. The molecule has 3 nitrogen and oxygen atoms in total. The van der Waals surface area contributed by atoms with E-state index < -0.39 is 10.1 Å². The van der Waals surface area contributed by atoms with Crippen molar-refractivity contribution in [1.29, 1.82) is 0 Å². The minimum atomic E-state index is -4.50. The number of hydrogen-bond acceptors (Lipinski definition) is 3. The van der Waals surface area contributed by atoms with E-state index in [-0.39, 0.29) is 46.3 Å². The molecule has 0 amide bonds. The molecular formula is C19H25NaO3S. The fourth-order valence-corrected chi connectivity index (χ4v) is 4.12. The summed E-state index contributed by atoms with van der Waals surface area (Å²) in [5.74, 6) is 0.534. The summed E-state index contributed by atoms with van der Waals surface area (Å²) in [6.45, 7) is 12.3. The van der Waals surface area contributed by atoms with E-state index in [2.05, 4.69) is 39.8 Å². The molecule has 0 aliphatic carbocycles. The minimum absolute atomic E-state index is 0. The molecule has 2 aromatic rings. The molecule has 0 aromatic heterocycles. The smallest absolute Gasteiger partial charge is 0.744 e. The largest absolute Gasteiger partial charge is 1.00 e. The summed E-state index contributed by atoms with van der Waals surface area (Å²) in [6.07, 6.45) is 0. The zero-order valence-corrected chi connectivity index (χ0v) is 18.5. The van der Waals surface area contributed by atoms with E-state index in [1.807, 2.05) is 13.8 Å². The van der Waals surface area contributed by atoms with Gasteiger partial charge in [0.2, 0.25) is 0 Å². The Kier molecular flexibility index (Phi) is 7.11. The van der Waals surface area contributed by atoms with Crippen molar-refractivity contribution < 1.29 is 42.5 Å². The van der Waals surface area contributed by atoms with Gasteiger partial charge >= 0.3 is 29.6 Å². The van der Waals surface area contributed by atoms with Gasteiger partial charge in [0.05, 0.1) is 4.90 Å². The molecule has 0 unspecified atom stereocenters. The molecule has 2 aromatic carbocycles. The Morgan fingerprint density at radius 1 is 0.792 bits per heavy atom. The van der Waals surface area contributed by atoms with Gasteiger partial charge < -0.3 is 4.55 Å². The van der Waals surface area contributed by atoms with Gasteiger partial charge in [-0.2, -0.15) is 0 Å². The van der Waals surface area contributed by atoms with Crippen LogP contribution >= 0.6 is 0 Å². The molecule has 24 heavy (non-hydrogen) atoms. The van der Waals surface area contributed by atoms with Crippen molar-refractivity contribution in [2.45, 2.75) is 64.2 Å². The van der Waals surface area contributed by atoms with Crippen LogP contribution in [0.15, 0.2) is 29.2 Å². The average Bonchev–Trinajstić information content (AvgIpc) is 2.42. The van der Waals surface area contributed by atoms with Gasteiger partial charge in [-0.15, -0.1) is 0 Å². The van der Waals surface area contributed by atoms with E-state index in [1.54, 1.807) is 6.07 Å². The fraction of sp³-hybridized carbons (Fsp3) is 0.474. The standard InChI is InChI=1S/C19H26O3S.Na/c1-11(2)14-7-8-15(12(3)4)19-16(14)9-10-17(23(20,21)22)18(19)13(5)6;/h7-13H,1-6H3,(H,20,21,22);/q;+1/p-1. The molecule has 5 heteroatoms. The van der Waals surface area contributed by atoms with Crippen LogP contribution in [0, 0.1) is 0 Å². The summed E-state index contributed by atoms with van der Waals surface area (Å²) in [6, 6.07) is 7.48. The van der Waals surface area contributed by atoms with E-state index in [4.69, 9.17) is 0 Å². The second-order valence-corrected chi connectivity index (χ2v) is 8.41. The molecule has 0 N–H and O–H groups in total. The third-order valence-corrected chi connectivity index (χ3v) is 5.23. The molecule has 0 atom stereocenters. The molecule has 0 aliphatic rings. The minimum Gasteiger partial charge on any atom is -0.744 e. The fourth-order valence-electron chi connectivity index (χ4n) is 3.28. The second kappa shape index (κ2) is 7.88. The Morgan fingerprint density at radius 3 is 1.71 bits per heavy atom. The summed E-state index contributed by atoms with van der Waals surface area (Å²) in [7, 11) is -4.50. The summed E-state index contributed by atoms with van der Waals surface area (Å²) >= 11 is 0. The maximum Gasteiger partial charge on any atom is 1.00 e. The van der Waals surface area contributed by atoms with Crippen LogP contribution in [0.4, 0.5) is 0 Å². The maximum absolute atomic E-state index is 11.7. The normalized spacial score (nSPS) is 12.2. The summed E-state index contributed by atoms with van der Waals surface area (Å²) in [4.78, 5) is -0.0807. The van der Waals surface area contributed by atoms with Crippen LogP contribution in [-0.4, -0.2) is 13.0 Å². The topological polar surface area (TPSA) is 57.2 Å². The number of hydrogen-bond donors (Lipinski definition) is 0. The van der Waals surface area contributed by atoms with Crippen LogP contribution in [0.3, 0.4) is 0 Å². The second-order valence-electron chi connectivity index (χ2n) is 7.06. The van der Waals surface area contributed by atoms with E-state index in [0.29, 0.717) is 11.5 Å². The average molecular weight is 356 g/mol. The Morgan fingerprint density at radius 2 is 1.29 bits per heavy atom. The molecule has 0 fully saturated rings. The van der Waals surface area contributed by atoms with E-state index in [0.717, 1.165) is 16.3 Å². The van der Waals surface area contributed by atoms with Gasteiger partial charge in [-0.3, -0.25) is 0 Å². The molecule has 0 spiro atoms. The van der Waals surface area contributed by atoms with Gasteiger partial charge in [-0.25, -0.2) is 8.42 Å². The van der Waals surface area contributed by atoms with Crippen LogP contribution in [0.5, 0.6) is 0 Å². The third kappa shape index (κ3) is 4.05. The van der Waals surface area contributed by atoms with Crippen molar-refractivity contribution >= 4 is 20.9 Å². The first-order chi connectivity index (χ1) is 10.6. The summed E-state index contributed by atoms with van der Waals surface area (Å²) in [5.41, 5.74) is 2.93. The molecule has 0 heterocycles. The SMILES string of the molecule is CC(C)c1ccc(C(C)C)c2c(C(C)C)c(S(=O)(=O)[O-])ccc12.[Na+]. The number of rotatable bonds is 4. The molecular weight excluding hydrogens is 331 g/mol. The van der Waals surface area contributed by atoms with Gasteiger partial charge in [-0.05, 0) is 51.3 Å². The van der Waals surface area contributed by atoms with E-state index in [9.17, 15) is 13.0 Å². The molecule has 0 bridgehead atoms. The van der Waals surface area contributed by atoms with Gasteiger partial charge in [0.1, 0.15) is 10.1 Å². The van der Waals surface area contributed by atoms with Crippen molar-refractivity contribution in [3.8, 4) is 0 Å². The van der Waals surface area contributed by atoms with Gasteiger partial charge in [0.25, 0.3) is 0 Å². The zero-order chi connectivity index (χ0) is 17.5. The summed E-state index contributed by atoms with van der Waals surface area (Å²) in [5, 5.41) is 2.00. The molecule has 0 saturated heterocycles. The van der Waals surface area contributed by atoms with E-state index in [1.165, 1.54) is 11.6 Å². The summed E-state index contributed by atoms with van der Waals surface area (Å²) < 4.78 is 35.2. The third-order valence-electron chi connectivity index (χ3n) is 4.34. The molecule has 0 aliphatic heterocycles. The van der Waals surface area contributed by atoms with Gasteiger partial charge in [-0.1, -0.05) is 59.7 Å². The van der Waals surface area contributed by atoms with Gasteiger partial charge in [0.15, 0.2) is 0 Å². The number of benzene rings is 2. The van der Waals surface area contributed by atoms with Crippen molar-refractivity contribution in [1.82, 2.24) is 0 Å². The Labute approximate surface area is 167 Å². The van der Waals surface area contributed by atoms with Crippen LogP contribution in [-0.2, 0) is 10.1 Å². The first kappa shape index (κ1) is 21.7. The predicted molar refractivity (Wildman–Crippen MR) is 94.2 cm³/mol. The van der Waals surface area contributed by atoms with E-state index >= 15 is 0 Å². The molecule has 126 valence electrons. The number of fused-ring (bicyclic) bond motifs is 1.